The normalized spacial score (nSPS) is 11.2. The Bertz CT molecular complexity index is 401. The van der Waals surface area contributed by atoms with Crippen LogP contribution in [-0.2, 0) is 9.53 Å². The van der Waals surface area contributed by atoms with Gasteiger partial charge >= 0.3 is 5.97 Å². The van der Waals surface area contributed by atoms with Gasteiger partial charge in [0, 0.05) is 12.8 Å². The lowest BCUT2D eigenvalue weighted by atomic mass is 10.1. The molecule has 1 N–H and O–H groups in total. The maximum Gasteiger partial charge on any atom is 0.334 e. The zero-order chi connectivity index (χ0) is 15.1. The molecule has 0 rings (SSSR count). The van der Waals surface area contributed by atoms with Gasteiger partial charge in [-0.05, 0) is 31.4 Å². The summed E-state index contributed by atoms with van der Waals surface area (Å²) in [5, 5.41) is 9.35. The molecule has 0 saturated carbocycles. The second-order valence-corrected chi connectivity index (χ2v) is 4.36. The predicted octanol–water partition coefficient (Wildman–Crippen LogP) is 2.83. The van der Waals surface area contributed by atoms with E-state index in [0.717, 1.165) is 38.5 Å². The van der Waals surface area contributed by atoms with Gasteiger partial charge in [-0.1, -0.05) is 43.4 Å². The summed E-state index contributed by atoms with van der Waals surface area (Å²) < 4.78 is 4.44. The third kappa shape index (κ3) is 11.4. The van der Waals surface area contributed by atoms with Crippen molar-refractivity contribution >= 4 is 5.97 Å². The van der Waals surface area contributed by atoms with Crippen LogP contribution in [0.1, 0.15) is 51.9 Å². The van der Waals surface area contributed by atoms with E-state index < -0.39 is 12.1 Å². The predicted molar refractivity (Wildman–Crippen MR) is 80.7 cm³/mol. The van der Waals surface area contributed by atoms with Crippen molar-refractivity contribution in [1.82, 2.24) is 0 Å². The molecule has 0 aliphatic heterocycles. The first-order chi connectivity index (χ1) is 9.72. The van der Waals surface area contributed by atoms with E-state index in [1.807, 2.05) is 0 Å². The van der Waals surface area contributed by atoms with Gasteiger partial charge in [-0.15, -0.1) is 0 Å². The Labute approximate surface area is 122 Å². The molecule has 0 fully saturated rings. The van der Waals surface area contributed by atoms with Gasteiger partial charge in [0.2, 0.25) is 0 Å². The van der Waals surface area contributed by atoms with Crippen molar-refractivity contribution in [2.45, 2.75) is 58.0 Å². The molecule has 3 heteroatoms. The molecule has 0 amide bonds. The molecule has 0 aromatic heterocycles. The fourth-order valence-electron chi connectivity index (χ4n) is 1.45. The zero-order valence-electron chi connectivity index (χ0n) is 12.4. The minimum atomic E-state index is -0.990. The lowest BCUT2D eigenvalue weighted by Crippen LogP contribution is -2.21. The summed E-state index contributed by atoms with van der Waals surface area (Å²) in [7, 11) is 1.28. The molecule has 0 aliphatic carbocycles. The molecule has 0 spiro atoms. The molecule has 3 nitrogen and oxygen atoms in total. The van der Waals surface area contributed by atoms with Crippen molar-refractivity contribution in [3.8, 4) is 23.7 Å². The topological polar surface area (TPSA) is 46.5 Å². The molecule has 1 unspecified atom stereocenters. The number of allylic oxidation sites excluding steroid dienone is 2. The van der Waals surface area contributed by atoms with Gasteiger partial charge in [-0.2, -0.15) is 0 Å². The first-order valence-electron chi connectivity index (χ1n) is 7.10. The highest BCUT2D eigenvalue weighted by Crippen LogP contribution is 2.06. The monoisotopic (exact) mass is 276 g/mol. The van der Waals surface area contributed by atoms with Crippen molar-refractivity contribution in [3.63, 3.8) is 0 Å². The number of hydrogen-bond donors (Lipinski definition) is 1. The molecule has 20 heavy (non-hydrogen) atoms. The average Bonchev–Trinajstić information content (AvgIpc) is 2.47. The van der Waals surface area contributed by atoms with Crippen LogP contribution in [0.3, 0.4) is 0 Å². The number of carbonyl (C=O) groups is 1. The molecule has 0 aliphatic rings. The number of carbonyl (C=O) groups excluding carboxylic acids is 1. The quantitative estimate of drug-likeness (QED) is 0.442. The molecule has 1 atom stereocenters. The van der Waals surface area contributed by atoms with E-state index in [9.17, 15) is 9.90 Å². The Kier molecular flexibility index (Phi) is 12.5. The number of unbranched alkanes of at least 4 members (excludes halogenated alkanes) is 4. The number of aliphatic hydroxyl groups is 1. The highest BCUT2D eigenvalue weighted by Gasteiger charge is 2.13. The fourth-order valence-corrected chi connectivity index (χ4v) is 1.45. The number of rotatable bonds is 7. The minimum Gasteiger partial charge on any atom is -0.467 e. The Morgan fingerprint density at radius 2 is 1.80 bits per heavy atom. The first-order valence-corrected chi connectivity index (χ1v) is 7.10. The van der Waals surface area contributed by atoms with E-state index in [1.54, 1.807) is 12.2 Å². The van der Waals surface area contributed by atoms with Crippen molar-refractivity contribution in [2.75, 3.05) is 7.11 Å². The molecule has 110 valence electrons. The third-order valence-corrected chi connectivity index (χ3v) is 2.58. The molecule has 0 heterocycles. The van der Waals surface area contributed by atoms with E-state index >= 15 is 0 Å². The third-order valence-electron chi connectivity index (χ3n) is 2.58. The van der Waals surface area contributed by atoms with E-state index in [-0.39, 0.29) is 0 Å². The number of hydrogen-bond acceptors (Lipinski definition) is 3. The summed E-state index contributed by atoms with van der Waals surface area (Å²) in [6, 6.07) is 0. The van der Waals surface area contributed by atoms with Crippen LogP contribution >= 0.6 is 0 Å². The van der Waals surface area contributed by atoms with E-state index in [0.29, 0.717) is 6.42 Å². The molecular formula is C17H24O3. The van der Waals surface area contributed by atoms with Crippen LogP contribution in [0.5, 0.6) is 0 Å². The van der Waals surface area contributed by atoms with Gasteiger partial charge in [0.15, 0.2) is 6.10 Å². The lowest BCUT2D eigenvalue weighted by molar-refractivity contribution is -0.150. The van der Waals surface area contributed by atoms with Gasteiger partial charge in [-0.25, -0.2) is 4.79 Å². The van der Waals surface area contributed by atoms with Crippen molar-refractivity contribution < 1.29 is 14.6 Å². The standard InChI is InChI=1S/C17H24O3/c1-3-4-5-6-7-8-9-10-11-12-13-14-15-16(18)17(19)20-2/h7-8,16,18H,3-4,11-15H2,1-2H3. The fraction of sp³-hybridized carbons (Fsp3) is 0.588. The molecule has 0 bridgehead atoms. The minimum absolute atomic E-state index is 0.451. The van der Waals surface area contributed by atoms with Crippen LogP contribution in [0.15, 0.2) is 12.2 Å². The van der Waals surface area contributed by atoms with Gasteiger partial charge < -0.3 is 9.84 Å². The van der Waals surface area contributed by atoms with Crippen LogP contribution in [0.4, 0.5) is 0 Å². The Hall–Kier alpha value is -1.71. The zero-order valence-corrected chi connectivity index (χ0v) is 12.4. The highest BCUT2D eigenvalue weighted by atomic mass is 16.5. The number of esters is 1. The summed E-state index contributed by atoms with van der Waals surface area (Å²) >= 11 is 0. The Morgan fingerprint density at radius 1 is 1.15 bits per heavy atom. The lowest BCUT2D eigenvalue weighted by Gasteiger charge is -2.06. The summed E-state index contributed by atoms with van der Waals surface area (Å²) in [6.07, 6.45) is 8.55. The van der Waals surface area contributed by atoms with Gasteiger partial charge in [0.25, 0.3) is 0 Å². The number of ether oxygens (including phenoxy) is 1. The summed E-state index contributed by atoms with van der Waals surface area (Å²) in [5.41, 5.74) is 0. The number of methoxy groups -OCH3 is 1. The molecule has 0 radical (unpaired) electrons. The second kappa shape index (κ2) is 13.7. The van der Waals surface area contributed by atoms with Crippen molar-refractivity contribution in [1.29, 1.82) is 0 Å². The van der Waals surface area contributed by atoms with E-state index in [2.05, 4.69) is 35.3 Å². The Balaban J connectivity index is 3.54. The highest BCUT2D eigenvalue weighted by molar-refractivity contribution is 5.74. The van der Waals surface area contributed by atoms with Gasteiger partial charge in [0.05, 0.1) is 7.11 Å². The largest absolute Gasteiger partial charge is 0.467 e. The van der Waals surface area contributed by atoms with E-state index in [4.69, 9.17) is 0 Å². The maximum atomic E-state index is 10.9. The van der Waals surface area contributed by atoms with Crippen molar-refractivity contribution in [3.05, 3.63) is 12.2 Å². The van der Waals surface area contributed by atoms with E-state index in [1.165, 1.54) is 7.11 Å². The van der Waals surface area contributed by atoms with Crippen LogP contribution in [0.2, 0.25) is 0 Å². The number of aliphatic hydroxyl groups excluding tert-OH is 1. The molecule has 0 aromatic rings. The summed E-state index contributed by atoms with van der Waals surface area (Å²) in [4.78, 5) is 10.9. The van der Waals surface area contributed by atoms with Gasteiger partial charge in [0.1, 0.15) is 0 Å². The molecule has 0 saturated heterocycles. The van der Waals surface area contributed by atoms with Crippen LogP contribution < -0.4 is 0 Å². The molecule has 0 aromatic carbocycles. The van der Waals surface area contributed by atoms with Crippen LogP contribution in [-0.4, -0.2) is 24.3 Å². The first kappa shape index (κ1) is 18.3. The smallest absolute Gasteiger partial charge is 0.334 e. The molecular weight excluding hydrogens is 252 g/mol. The maximum absolute atomic E-state index is 10.9. The SMILES string of the molecule is CCCC#CC=CC#CCCCCCC(O)C(=O)OC. The van der Waals surface area contributed by atoms with Crippen LogP contribution in [0, 0.1) is 23.7 Å². The second-order valence-electron chi connectivity index (χ2n) is 4.36. The summed E-state index contributed by atoms with van der Waals surface area (Å²) in [6.45, 7) is 2.10. The van der Waals surface area contributed by atoms with Crippen molar-refractivity contribution in [2.24, 2.45) is 0 Å². The van der Waals surface area contributed by atoms with Gasteiger partial charge in [-0.3, -0.25) is 0 Å². The van der Waals surface area contributed by atoms with Crippen LogP contribution in [0.25, 0.3) is 0 Å². The summed E-state index contributed by atoms with van der Waals surface area (Å²) in [5.74, 6) is 11.3. The Morgan fingerprint density at radius 3 is 2.40 bits per heavy atom. The average molecular weight is 276 g/mol.